The van der Waals surface area contributed by atoms with E-state index in [4.69, 9.17) is 9.97 Å². The number of hydrogen-bond acceptors (Lipinski definition) is 3. The molecule has 1 aromatic heterocycles. The van der Waals surface area contributed by atoms with Crippen LogP contribution in [0.2, 0.25) is 0 Å². The first-order chi connectivity index (χ1) is 30.6. The average Bonchev–Trinajstić information content (AvgIpc) is 3.61. The second-order valence-electron chi connectivity index (χ2n) is 16.8. The molecular weight excluding hydrogens is 751 g/mol. The van der Waals surface area contributed by atoms with Crippen LogP contribution in [0.3, 0.4) is 0 Å². The minimum absolute atomic E-state index is 0.0413. The summed E-state index contributed by atoms with van der Waals surface area (Å²) in [7, 11) is 0. The quantitative estimate of drug-likeness (QED) is 0.161. The minimum atomic E-state index is 0.0413. The summed E-state index contributed by atoms with van der Waals surface area (Å²) in [6.45, 7) is 0. The zero-order valence-electron chi connectivity index (χ0n) is 34.4. The normalized spacial score (nSPS) is 13.6. The van der Waals surface area contributed by atoms with Gasteiger partial charge in [-0.25, -0.2) is 9.97 Å². The molecule has 0 aliphatic heterocycles. The molecule has 1 saturated carbocycles. The molecule has 0 bridgehead atoms. The fourth-order valence-corrected chi connectivity index (χ4v) is 9.96. The third-order valence-electron chi connectivity index (χ3n) is 13.1. The van der Waals surface area contributed by atoms with Gasteiger partial charge in [-0.05, 0) is 116 Å². The van der Waals surface area contributed by atoms with E-state index in [-0.39, 0.29) is 5.41 Å². The largest absolute Gasteiger partial charge is 0.228 e. The van der Waals surface area contributed by atoms with Crippen LogP contribution in [0.15, 0.2) is 200 Å². The van der Waals surface area contributed by atoms with E-state index in [1.165, 1.54) is 87.7 Å². The molecule has 1 spiro atoms. The van der Waals surface area contributed by atoms with Crippen molar-refractivity contribution < 1.29 is 0 Å². The van der Waals surface area contributed by atoms with Crippen molar-refractivity contribution >= 4 is 0 Å². The van der Waals surface area contributed by atoms with E-state index in [1.54, 1.807) is 0 Å². The van der Waals surface area contributed by atoms with Gasteiger partial charge < -0.3 is 0 Å². The summed E-state index contributed by atoms with van der Waals surface area (Å²) < 4.78 is 0. The number of nitrogens with zero attached hydrogens (tertiary/aromatic N) is 3. The van der Waals surface area contributed by atoms with Crippen molar-refractivity contribution in [1.29, 1.82) is 5.26 Å². The lowest BCUT2D eigenvalue weighted by molar-refractivity contribution is 0.353. The maximum absolute atomic E-state index is 9.70. The van der Waals surface area contributed by atoms with Gasteiger partial charge in [0.25, 0.3) is 0 Å². The lowest BCUT2D eigenvalue weighted by atomic mass is 9.67. The Hall–Kier alpha value is -7.67. The predicted molar refractivity (Wildman–Crippen MR) is 254 cm³/mol. The monoisotopic (exact) mass is 793 g/mol. The Morgan fingerprint density at radius 3 is 1.48 bits per heavy atom. The molecular formula is C59H43N3. The van der Waals surface area contributed by atoms with Gasteiger partial charge in [0.2, 0.25) is 0 Å². The number of hydrogen-bond donors (Lipinski definition) is 0. The summed E-state index contributed by atoms with van der Waals surface area (Å²) in [5.74, 6) is 0.703. The summed E-state index contributed by atoms with van der Waals surface area (Å²) in [6.07, 6.45) is 6.10. The van der Waals surface area contributed by atoms with Crippen LogP contribution in [0.25, 0.3) is 89.5 Å². The van der Waals surface area contributed by atoms with Crippen LogP contribution in [0.1, 0.15) is 48.8 Å². The topological polar surface area (TPSA) is 49.6 Å². The highest BCUT2D eigenvalue weighted by Crippen LogP contribution is 2.56. The fraction of sp³-hybridized carbons (Fsp3) is 0.102. The molecule has 3 nitrogen and oxygen atoms in total. The Labute approximate surface area is 363 Å². The van der Waals surface area contributed by atoms with Crippen molar-refractivity contribution in [2.24, 2.45) is 0 Å². The van der Waals surface area contributed by atoms with E-state index < -0.39 is 0 Å². The Morgan fingerprint density at radius 2 is 0.839 bits per heavy atom. The summed E-state index contributed by atoms with van der Waals surface area (Å²) in [4.78, 5) is 10.2. The van der Waals surface area contributed by atoms with Gasteiger partial charge in [0.1, 0.15) is 0 Å². The van der Waals surface area contributed by atoms with Crippen molar-refractivity contribution in [3.8, 4) is 95.6 Å². The Bertz CT molecular complexity index is 3140. The van der Waals surface area contributed by atoms with E-state index in [2.05, 4.69) is 176 Å². The van der Waals surface area contributed by atoms with Crippen LogP contribution in [0.4, 0.5) is 0 Å². The molecule has 2 aliphatic carbocycles. The molecule has 9 aromatic rings. The predicted octanol–water partition coefficient (Wildman–Crippen LogP) is 15.2. The first-order valence-electron chi connectivity index (χ1n) is 21.7. The van der Waals surface area contributed by atoms with Gasteiger partial charge in [0, 0.05) is 22.1 Å². The van der Waals surface area contributed by atoms with Crippen molar-refractivity contribution in [3.05, 3.63) is 217 Å². The molecule has 294 valence electrons. The summed E-state index contributed by atoms with van der Waals surface area (Å²) >= 11 is 0. The molecule has 1 heterocycles. The van der Waals surface area contributed by atoms with Gasteiger partial charge in [-0.3, -0.25) is 0 Å². The molecule has 1 fully saturated rings. The molecule has 0 atom stereocenters. The standard InChI is InChI=1S/C59H43N3/c60-39-40-20-31-54-53(34-40)52-30-29-50(37-55(52)59(54)32-8-3-9-33-59)44-23-21-43(22-24-44)47-16-10-17-48(35-47)49-18-11-19-51(36-49)57-38-56(61-58(62-57)46-14-6-2-7-15-46)45-27-25-42(26-28-45)41-12-4-1-5-13-41/h1-2,4-7,10-31,34-38H,3,8-9,32-33H2. The molecule has 11 rings (SSSR count). The number of nitriles is 1. The van der Waals surface area contributed by atoms with Crippen molar-refractivity contribution in [1.82, 2.24) is 9.97 Å². The highest BCUT2D eigenvalue weighted by molar-refractivity contribution is 5.86. The molecule has 3 heteroatoms. The number of aromatic nitrogens is 2. The highest BCUT2D eigenvalue weighted by Gasteiger charge is 2.43. The second-order valence-corrected chi connectivity index (χ2v) is 16.8. The third kappa shape index (κ3) is 6.81. The van der Waals surface area contributed by atoms with E-state index in [0.29, 0.717) is 5.82 Å². The van der Waals surface area contributed by atoms with E-state index in [0.717, 1.165) is 44.8 Å². The first kappa shape index (κ1) is 37.3. The van der Waals surface area contributed by atoms with Crippen LogP contribution in [-0.4, -0.2) is 9.97 Å². The lowest BCUT2D eigenvalue weighted by Gasteiger charge is -2.36. The van der Waals surface area contributed by atoms with Crippen molar-refractivity contribution in [2.75, 3.05) is 0 Å². The van der Waals surface area contributed by atoms with Gasteiger partial charge in [0.15, 0.2) is 5.82 Å². The summed E-state index contributed by atoms with van der Waals surface area (Å²) in [6, 6.07) is 73.7. The molecule has 8 aromatic carbocycles. The third-order valence-corrected chi connectivity index (χ3v) is 13.1. The molecule has 0 N–H and O–H groups in total. The maximum Gasteiger partial charge on any atom is 0.160 e. The van der Waals surface area contributed by atoms with Crippen LogP contribution in [-0.2, 0) is 5.41 Å². The molecule has 0 radical (unpaired) electrons. The average molecular weight is 794 g/mol. The minimum Gasteiger partial charge on any atom is -0.228 e. The SMILES string of the molecule is N#Cc1ccc2c(c1)-c1ccc(-c3ccc(-c4cccc(-c5cccc(-c6cc(-c7ccc(-c8ccccc8)cc7)nc(-c7ccccc7)n6)c5)c4)cc3)cc1C21CCCCC1. The Morgan fingerprint density at radius 1 is 0.355 bits per heavy atom. The molecule has 2 aliphatic rings. The first-order valence-corrected chi connectivity index (χ1v) is 21.7. The molecule has 0 unspecified atom stereocenters. The smallest absolute Gasteiger partial charge is 0.160 e. The zero-order valence-corrected chi connectivity index (χ0v) is 34.4. The van der Waals surface area contributed by atoms with Gasteiger partial charge >= 0.3 is 0 Å². The molecule has 0 amide bonds. The van der Waals surface area contributed by atoms with E-state index in [9.17, 15) is 5.26 Å². The van der Waals surface area contributed by atoms with Crippen LogP contribution in [0, 0.1) is 11.3 Å². The van der Waals surface area contributed by atoms with Crippen molar-refractivity contribution in [3.63, 3.8) is 0 Å². The van der Waals surface area contributed by atoms with E-state index >= 15 is 0 Å². The number of fused-ring (bicyclic) bond motifs is 5. The van der Waals surface area contributed by atoms with Crippen molar-refractivity contribution in [2.45, 2.75) is 37.5 Å². The van der Waals surface area contributed by atoms with Crippen LogP contribution >= 0.6 is 0 Å². The molecule has 0 saturated heterocycles. The molecule has 62 heavy (non-hydrogen) atoms. The van der Waals surface area contributed by atoms with Gasteiger partial charge in [0.05, 0.1) is 23.0 Å². The van der Waals surface area contributed by atoms with Gasteiger partial charge in [-0.1, -0.05) is 183 Å². The van der Waals surface area contributed by atoms with E-state index in [1.807, 2.05) is 30.3 Å². The van der Waals surface area contributed by atoms with Crippen LogP contribution < -0.4 is 0 Å². The number of benzene rings is 8. The highest BCUT2D eigenvalue weighted by atomic mass is 14.9. The Kier molecular flexibility index (Phi) is 9.48. The summed E-state index contributed by atoms with van der Waals surface area (Å²) in [5.41, 5.74) is 20.5. The Balaban J connectivity index is 0.894. The van der Waals surface area contributed by atoms with Gasteiger partial charge in [-0.15, -0.1) is 0 Å². The number of rotatable bonds is 7. The lowest BCUT2D eigenvalue weighted by Crippen LogP contribution is -2.28. The van der Waals surface area contributed by atoms with Gasteiger partial charge in [-0.2, -0.15) is 5.26 Å². The maximum atomic E-state index is 9.70. The second kappa shape index (κ2) is 15.7. The zero-order chi connectivity index (χ0) is 41.5. The van der Waals surface area contributed by atoms with Crippen LogP contribution in [0.5, 0.6) is 0 Å². The summed E-state index contributed by atoms with van der Waals surface area (Å²) in [5, 5.41) is 9.70. The fourth-order valence-electron chi connectivity index (χ4n) is 9.96.